The van der Waals surface area contributed by atoms with Gasteiger partial charge >= 0.3 is 5.97 Å². The van der Waals surface area contributed by atoms with E-state index in [1.165, 1.54) is 24.0 Å². The van der Waals surface area contributed by atoms with Crippen molar-refractivity contribution in [2.75, 3.05) is 0 Å². The normalized spacial score (nSPS) is 18.1. The van der Waals surface area contributed by atoms with Crippen LogP contribution in [0.3, 0.4) is 0 Å². The Balaban J connectivity index is 1.90. The minimum absolute atomic E-state index is 0.166. The van der Waals surface area contributed by atoms with Crippen molar-refractivity contribution in [3.05, 3.63) is 64.7 Å². The van der Waals surface area contributed by atoms with Crippen molar-refractivity contribution in [1.29, 1.82) is 0 Å². The molecule has 0 saturated heterocycles. The Kier molecular flexibility index (Phi) is 4.28. The van der Waals surface area contributed by atoms with E-state index in [-0.39, 0.29) is 16.4 Å². The van der Waals surface area contributed by atoms with Crippen molar-refractivity contribution < 1.29 is 9.90 Å². The maximum Gasteiger partial charge on any atom is 0.335 e. The molecule has 2 aromatic rings. The number of hydrogen-bond acceptors (Lipinski definition) is 2. The highest BCUT2D eigenvalue weighted by Crippen LogP contribution is 2.46. The van der Waals surface area contributed by atoms with Gasteiger partial charge in [0.15, 0.2) is 0 Å². The molecule has 0 unspecified atom stereocenters. The van der Waals surface area contributed by atoms with Crippen LogP contribution in [0.5, 0.6) is 0 Å². The maximum absolute atomic E-state index is 10.9. The monoisotopic (exact) mass is 335 g/mol. The predicted octanol–water partition coefficient (Wildman–Crippen LogP) is 5.48. The highest BCUT2D eigenvalue weighted by molar-refractivity contribution is 5.89. The summed E-state index contributed by atoms with van der Waals surface area (Å²) >= 11 is 0. The highest BCUT2D eigenvalue weighted by atomic mass is 16.4. The molecule has 0 bridgehead atoms. The largest absolute Gasteiger partial charge is 0.478 e. The summed E-state index contributed by atoms with van der Waals surface area (Å²) in [7, 11) is 0. The molecule has 0 spiro atoms. The average Bonchev–Trinajstić information content (AvgIpc) is 2.57. The van der Waals surface area contributed by atoms with Gasteiger partial charge < -0.3 is 5.11 Å². The highest BCUT2D eigenvalue weighted by Gasteiger charge is 2.36. The van der Waals surface area contributed by atoms with Crippen molar-refractivity contribution in [2.45, 2.75) is 51.4 Å². The van der Waals surface area contributed by atoms with Gasteiger partial charge in [-0.3, -0.25) is 4.99 Å². The second-order valence-electron chi connectivity index (χ2n) is 8.18. The fraction of sp³-hybridized carbons (Fsp3) is 0.364. The van der Waals surface area contributed by atoms with Gasteiger partial charge in [-0.2, -0.15) is 0 Å². The molecular weight excluding hydrogens is 310 g/mol. The summed E-state index contributed by atoms with van der Waals surface area (Å²) in [4.78, 5) is 15.5. The molecule has 0 radical (unpaired) electrons. The molecule has 0 aliphatic heterocycles. The van der Waals surface area contributed by atoms with Gasteiger partial charge in [-0.25, -0.2) is 4.79 Å². The summed E-state index contributed by atoms with van der Waals surface area (Å²) < 4.78 is 0. The first-order valence-electron chi connectivity index (χ1n) is 8.71. The molecule has 0 atom stereocenters. The van der Waals surface area contributed by atoms with Gasteiger partial charge in [0, 0.05) is 6.21 Å². The third-order valence-corrected chi connectivity index (χ3v) is 5.36. The number of carbonyl (C=O) groups is 1. The van der Waals surface area contributed by atoms with Crippen LogP contribution in [0.4, 0.5) is 5.69 Å². The molecule has 3 rings (SSSR count). The fourth-order valence-electron chi connectivity index (χ4n) is 3.52. The van der Waals surface area contributed by atoms with Gasteiger partial charge in [-0.05, 0) is 64.6 Å². The summed E-state index contributed by atoms with van der Waals surface area (Å²) in [6.07, 6.45) is 4.16. The zero-order valence-electron chi connectivity index (χ0n) is 15.3. The minimum Gasteiger partial charge on any atom is -0.478 e. The van der Waals surface area contributed by atoms with Crippen LogP contribution in [0, 0.1) is 0 Å². The summed E-state index contributed by atoms with van der Waals surface area (Å²) in [6, 6.07) is 13.3. The van der Waals surface area contributed by atoms with Crippen molar-refractivity contribution >= 4 is 17.9 Å². The third-order valence-electron chi connectivity index (χ3n) is 5.36. The molecule has 1 N–H and O–H groups in total. The Labute approximate surface area is 149 Å². The zero-order chi connectivity index (χ0) is 18.2. The third kappa shape index (κ3) is 3.51. The molecule has 0 heterocycles. The van der Waals surface area contributed by atoms with Crippen LogP contribution >= 0.6 is 0 Å². The van der Waals surface area contributed by atoms with Gasteiger partial charge in [0.1, 0.15) is 0 Å². The first-order valence-corrected chi connectivity index (χ1v) is 8.71. The molecule has 0 aromatic heterocycles. The molecule has 1 aliphatic rings. The Morgan fingerprint density at radius 3 is 2.16 bits per heavy atom. The van der Waals surface area contributed by atoms with Crippen LogP contribution in [-0.4, -0.2) is 17.3 Å². The van der Waals surface area contributed by atoms with Crippen molar-refractivity contribution in [1.82, 2.24) is 0 Å². The fourth-order valence-corrected chi connectivity index (χ4v) is 3.52. The van der Waals surface area contributed by atoms with Gasteiger partial charge in [-0.1, -0.05) is 45.9 Å². The predicted molar refractivity (Wildman–Crippen MR) is 102 cm³/mol. The molecular formula is C22H25NO2. The molecule has 130 valence electrons. The summed E-state index contributed by atoms with van der Waals surface area (Å²) in [6.45, 7) is 9.24. The van der Waals surface area contributed by atoms with E-state index in [9.17, 15) is 4.79 Å². The van der Waals surface area contributed by atoms with E-state index in [2.05, 4.69) is 50.9 Å². The van der Waals surface area contributed by atoms with E-state index >= 15 is 0 Å². The van der Waals surface area contributed by atoms with Crippen molar-refractivity contribution in [2.24, 2.45) is 4.99 Å². The summed E-state index contributed by atoms with van der Waals surface area (Å²) in [5.41, 5.74) is 5.30. The Hall–Kier alpha value is -2.42. The maximum atomic E-state index is 10.9. The van der Waals surface area contributed by atoms with E-state index < -0.39 is 5.97 Å². The van der Waals surface area contributed by atoms with Crippen LogP contribution < -0.4 is 0 Å². The molecule has 3 nitrogen and oxygen atoms in total. The average molecular weight is 335 g/mol. The Morgan fingerprint density at radius 2 is 1.56 bits per heavy atom. The van der Waals surface area contributed by atoms with E-state index in [1.807, 2.05) is 0 Å². The molecule has 0 amide bonds. The molecule has 3 heteroatoms. The second-order valence-corrected chi connectivity index (χ2v) is 8.18. The second kappa shape index (κ2) is 6.14. The lowest BCUT2D eigenvalue weighted by atomic mass is 9.63. The standard InChI is InChI=1S/C22H25NO2/c1-21(2)11-12-22(3,4)19-13-17(9-10-18(19)21)23-14-15-5-7-16(8-6-15)20(24)25/h5-10,13-14H,11-12H2,1-4H3,(H,24,25). The van der Waals surface area contributed by atoms with Gasteiger partial charge in [0.2, 0.25) is 0 Å². The van der Waals surface area contributed by atoms with Crippen molar-refractivity contribution in [3.8, 4) is 0 Å². The molecule has 0 fully saturated rings. The van der Waals surface area contributed by atoms with Crippen LogP contribution in [0.15, 0.2) is 47.5 Å². The Morgan fingerprint density at radius 1 is 0.960 bits per heavy atom. The van der Waals surface area contributed by atoms with Crippen LogP contribution in [-0.2, 0) is 10.8 Å². The lowest BCUT2D eigenvalue weighted by Gasteiger charge is -2.41. The zero-order valence-corrected chi connectivity index (χ0v) is 15.3. The molecule has 2 aromatic carbocycles. The lowest BCUT2D eigenvalue weighted by Crippen LogP contribution is -2.33. The first-order chi connectivity index (χ1) is 11.7. The first kappa shape index (κ1) is 17.4. The molecule has 0 saturated carbocycles. The number of aliphatic imine (C=N–C) groups is 1. The van der Waals surface area contributed by atoms with Gasteiger partial charge in [-0.15, -0.1) is 0 Å². The van der Waals surface area contributed by atoms with Gasteiger partial charge in [0.25, 0.3) is 0 Å². The van der Waals surface area contributed by atoms with E-state index in [0.717, 1.165) is 11.3 Å². The van der Waals surface area contributed by atoms with Crippen LogP contribution in [0.2, 0.25) is 0 Å². The van der Waals surface area contributed by atoms with E-state index in [4.69, 9.17) is 5.11 Å². The van der Waals surface area contributed by atoms with E-state index in [0.29, 0.717) is 0 Å². The smallest absolute Gasteiger partial charge is 0.335 e. The number of aromatic carboxylic acids is 1. The lowest BCUT2D eigenvalue weighted by molar-refractivity contribution is 0.0697. The number of rotatable bonds is 3. The molecule has 1 aliphatic carbocycles. The number of fused-ring (bicyclic) bond motifs is 1. The number of carboxylic acid groups (broad SMARTS) is 1. The van der Waals surface area contributed by atoms with Crippen LogP contribution in [0.1, 0.15) is 67.6 Å². The number of benzene rings is 2. The molecule has 25 heavy (non-hydrogen) atoms. The summed E-state index contributed by atoms with van der Waals surface area (Å²) in [5, 5.41) is 8.95. The van der Waals surface area contributed by atoms with E-state index in [1.54, 1.807) is 30.5 Å². The minimum atomic E-state index is -0.914. The van der Waals surface area contributed by atoms with Gasteiger partial charge in [0.05, 0.1) is 11.3 Å². The number of hydrogen-bond donors (Lipinski definition) is 1. The summed E-state index contributed by atoms with van der Waals surface area (Å²) in [5.74, 6) is -0.914. The number of nitrogens with zero attached hydrogens (tertiary/aromatic N) is 1. The van der Waals surface area contributed by atoms with Crippen molar-refractivity contribution in [3.63, 3.8) is 0 Å². The quantitative estimate of drug-likeness (QED) is 0.755. The SMILES string of the molecule is CC1(C)CCC(C)(C)c2cc(N=Cc3ccc(C(=O)O)cc3)ccc21. The topological polar surface area (TPSA) is 49.7 Å². The number of carboxylic acids is 1. The van der Waals surface area contributed by atoms with Crippen LogP contribution in [0.25, 0.3) is 0 Å². The Bertz CT molecular complexity index is 830.